The Morgan fingerprint density at radius 1 is 1.19 bits per heavy atom. The molecule has 200 valence electrons. The summed E-state index contributed by atoms with van der Waals surface area (Å²) in [7, 11) is 0. The van der Waals surface area contributed by atoms with Crippen LogP contribution in [-0.4, -0.2) is 54.4 Å². The van der Waals surface area contributed by atoms with Crippen LogP contribution in [0.25, 0.3) is 0 Å². The van der Waals surface area contributed by atoms with Gasteiger partial charge in [0.05, 0.1) is 24.2 Å². The van der Waals surface area contributed by atoms with Crippen molar-refractivity contribution in [1.82, 2.24) is 0 Å². The first-order chi connectivity index (χ1) is 16.9. The van der Waals surface area contributed by atoms with Crippen LogP contribution in [0.4, 0.5) is 0 Å². The van der Waals surface area contributed by atoms with Gasteiger partial charge in [0.25, 0.3) is 0 Å². The predicted octanol–water partition coefficient (Wildman–Crippen LogP) is 4.58. The molecule has 0 aromatic rings. The van der Waals surface area contributed by atoms with Crippen molar-refractivity contribution in [3.8, 4) is 0 Å². The van der Waals surface area contributed by atoms with Crippen LogP contribution < -0.4 is 0 Å². The van der Waals surface area contributed by atoms with E-state index in [9.17, 15) is 14.7 Å². The zero-order valence-electron chi connectivity index (χ0n) is 22.5. The highest BCUT2D eigenvalue weighted by Crippen LogP contribution is 2.82. The molecular weight excluding hydrogens is 460 g/mol. The molecule has 0 aromatic carbocycles. The van der Waals surface area contributed by atoms with E-state index in [-0.39, 0.29) is 36.8 Å². The Labute approximate surface area is 214 Å². The monoisotopic (exact) mass is 502 g/mol. The number of allylic oxidation sites excluding steroid dienone is 1. The second kappa shape index (κ2) is 7.87. The molecular formula is C29H42O7. The minimum absolute atomic E-state index is 0.0298. The number of carboxylic acid groups (broad SMARTS) is 1. The van der Waals surface area contributed by atoms with Crippen LogP contribution in [0.3, 0.4) is 0 Å². The van der Waals surface area contributed by atoms with Crippen molar-refractivity contribution in [3.63, 3.8) is 0 Å². The Kier molecular flexibility index (Phi) is 5.47. The molecule has 6 rings (SSSR count). The zero-order valence-corrected chi connectivity index (χ0v) is 22.5. The highest BCUT2D eigenvalue weighted by Gasteiger charge is 2.83. The van der Waals surface area contributed by atoms with Crippen LogP contribution in [0.5, 0.6) is 0 Å². The molecule has 0 radical (unpaired) electrons. The van der Waals surface area contributed by atoms with Crippen molar-refractivity contribution in [2.75, 3.05) is 6.61 Å². The van der Waals surface area contributed by atoms with Gasteiger partial charge in [0.2, 0.25) is 0 Å². The largest absolute Gasteiger partial charge is 0.481 e. The van der Waals surface area contributed by atoms with Gasteiger partial charge in [-0.25, -0.2) is 0 Å². The van der Waals surface area contributed by atoms with Crippen LogP contribution in [0.2, 0.25) is 0 Å². The molecule has 5 fully saturated rings. The van der Waals surface area contributed by atoms with Gasteiger partial charge in [-0.2, -0.15) is 0 Å². The highest BCUT2D eigenvalue weighted by molar-refractivity contribution is 5.88. The molecule has 0 spiro atoms. The van der Waals surface area contributed by atoms with Crippen molar-refractivity contribution in [1.29, 1.82) is 0 Å². The van der Waals surface area contributed by atoms with Gasteiger partial charge < -0.3 is 28.8 Å². The molecule has 2 saturated heterocycles. The first kappa shape index (κ1) is 25.0. The van der Waals surface area contributed by atoms with Crippen LogP contribution >= 0.6 is 0 Å². The Morgan fingerprint density at radius 3 is 2.61 bits per heavy atom. The van der Waals surface area contributed by atoms with E-state index in [2.05, 4.69) is 26.8 Å². The van der Waals surface area contributed by atoms with Crippen molar-refractivity contribution >= 4 is 12.3 Å². The number of hydrogen-bond acceptors (Lipinski definition) is 6. The molecule has 6 aliphatic rings. The number of carbonyl (C=O) groups is 2. The molecule has 11 atom stereocenters. The smallest absolute Gasteiger partial charge is 0.314 e. The number of fused-ring (bicyclic) bond motifs is 3. The van der Waals surface area contributed by atoms with Crippen molar-refractivity contribution in [2.24, 2.45) is 45.8 Å². The summed E-state index contributed by atoms with van der Waals surface area (Å²) in [4.78, 5) is 26.5. The van der Waals surface area contributed by atoms with E-state index in [0.29, 0.717) is 37.0 Å². The molecule has 7 nitrogen and oxygen atoms in total. The number of ether oxygens (including phenoxy) is 4. The first-order valence-electron chi connectivity index (χ1n) is 14.0. The summed E-state index contributed by atoms with van der Waals surface area (Å²) >= 11 is 0. The van der Waals surface area contributed by atoms with Gasteiger partial charge >= 0.3 is 5.97 Å². The van der Waals surface area contributed by atoms with Gasteiger partial charge in [0.1, 0.15) is 17.8 Å². The third-order valence-corrected chi connectivity index (χ3v) is 11.1. The van der Waals surface area contributed by atoms with E-state index >= 15 is 0 Å². The van der Waals surface area contributed by atoms with E-state index < -0.39 is 34.3 Å². The van der Waals surface area contributed by atoms with Gasteiger partial charge in [-0.3, -0.25) is 4.79 Å². The second-order valence-corrected chi connectivity index (χ2v) is 13.5. The minimum Gasteiger partial charge on any atom is -0.481 e. The van der Waals surface area contributed by atoms with Crippen LogP contribution in [0, 0.1) is 45.8 Å². The van der Waals surface area contributed by atoms with E-state index in [1.807, 2.05) is 20.8 Å². The average molecular weight is 503 g/mol. The maximum absolute atomic E-state index is 13.5. The molecule has 0 aromatic heterocycles. The molecule has 36 heavy (non-hydrogen) atoms. The number of hydrogen-bond donors (Lipinski definition) is 1. The summed E-state index contributed by atoms with van der Waals surface area (Å²) in [6, 6.07) is 0. The number of carboxylic acids is 1. The lowest BCUT2D eigenvalue weighted by atomic mass is 9.47. The number of carbonyl (C=O) groups excluding carboxylic acids is 1. The number of aldehydes is 1. The Morgan fingerprint density at radius 2 is 1.94 bits per heavy atom. The van der Waals surface area contributed by atoms with Gasteiger partial charge in [0.15, 0.2) is 12.1 Å². The number of rotatable bonds is 6. The lowest BCUT2D eigenvalue weighted by Crippen LogP contribution is -2.59. The third kappa shape index (κ3) is 2.95. The lowest BCUT2D eigenvalue weighted by molar-refractivity contribution is -0.249. The van der Waals surface area contributed by atoms with Gasteiger partial charge in [-0.15, -0.1) is 0 Å². The zero-order chi connectivity index (χ0) is 25.8. The SMILES string of the molecule is CC(C)C1=CC2(C=O)CC3C4CCC(C)C4CC2(CO[C@H]2C[C@@H]4OC(C)(C)O[C@@H]4[C@@H](C)O2)C13C(=O)O. The van der Waals surface area contributed by atoms with Gasteiger partial charge in [0, 0.05) is 11.8 Å². The fraction of sp³-hybridized carbons (Fsp3) is 0.862. The fourth-order valence-electron chi connectivity index (χ4n) is 9.86. The molecule has 7 unspecified atom stereocenters. The normalized spacial score (nSPS) is 52.2. The second-order valence-electron chi connectivity index (χ2n) is 13.5. The standard InChI is InChI=1S/C29H42O7/c1-15(2)20-11-27(13-30)12-21-18-8-7-16(3)19(18)10-28(27,29(20,21)25(31)32)14-33-23-9-22-24(17(4)34-23)36-26(5,6)35-22/h11,13,15-19,21-24H,7-10,12,14H2,1-6H3,(H,31,32)/t16?,17-,18?,19?,21?,22+,23-,24-,27?,28?,29?/m1/s1. The summed E-state index contributed by atoms with van der Waals surface area (Å²) in [6.07, 6.45) is 6.17. The molecule has 1 N–H and O–H groups in total. The molecule has 7 heteroatoms. The molecule has 2 aliphatic heterocycles. The maximum atomic E-state index is 13.5. The van der Waals surface area contributed by atoms with Crippen LogP contribution in [-0.2, 0) is 28.5 Å². The van der Waals surface area contributed by atoms with E-state index in [0.717, 1.165) is 24.7 Å². The average Bonchev–Trinajstić information content (AvgIpc) is 3.46. The lowest BCUT2D eigenvalue weighted by Gasteiger charge is -2.55. The highest BCUT2D eigenvalue weighted by atomic mass is 16.8. The Hall–Kier alpha value is -1.28. The maximum Gasteiger partial charge on any atom is 0.314 e. The quantitative estimate of drug-likeness (QED) is 0.420. The molecule has 4 bridgehead atoms. The minimum atomic E-state index is -1.06. The van der Waals surface area contributed by atoms with Crippen molar-refractivity contribution < 1.29 is 33.6 Å². The van der Waals surface area contributed by atoms with E-state index in [4.69, 9.17) is 18.9 Å². The fourth-order valence-corrected chi connectivity index (χ4v) is 9.86. The number of aliphatic carboxylic acids is 1. The first-order valence-corrected chi connectivity index (χ1v) is 14.0. The van der Waals surface area contributed by atoms with Crippen molar-refractivity contribution in [2.45, 2.75) is 104 Å². The summed E-state index contributed by atoms with van der Waals surface area (Å²) in [6.45, 7) is 12.4. The third-order valence-electron chi connectivity index (χ3n) is 11.1. The summed E-state index contributed by atoms with van der Waals surface area (Å²) < 4.78 is 25.0. The van der Waals surface area contributed by atoms with Crippen LogP contribution in [0.1, 0.15) is 73.6 Å². The Bertz CT molecular complexity index is 988. The topological polar surface area (TPSA) is 91.3 Å². The molecule has 0 amide bonds. The van der Waals surface area contributed by atoms with Crippen molar-refractivity contribution in [3.05, 3.63) is 11.6 Å². The molecule has 4 aliphatic carbocycles. The van der Waals surface area contributed by atoms with E-state index in [1.165, 1.54) is 0 Å². The van der Waals surface area contributed by atoms with Gasteiger partial charge in [-0.1, -0.05) is 38.8 Å². The van der Waals surface area contributed by atoms with Gasteiger partial charge in [-0.05, 0) is 69.6 Å². The predicted molar refractivity (Wildman–Crippen MR) is 131 cm³/mol. The summed E-state index contributed by atoms with van der Waals surface area (Å²) in [5, 5.41) is 11.1. The summed E-state index contributed by atoms with van der Waals surface area (Å²) in [5.74, 6) is -0.105. The molecule has 3 saturated carbocycles. The van der Waals surface area contributed by atoms with E-state index in [1.54, 1.807) is 0 Å². The Balaban J connectivity index is 1.37. The van der Waals surface area contributed by atoms with Crippen LogP contribution in [0.15, 0.2) is 11.6 Å². The summed E-state index contributed by atoms with van der Waals surface area (Å²) in [5.41, 5.74) is -1.73. The molecule has 2 heterocycles.